The van der Waals surface area contributed by atoms with Gasteiger partial charge >= 0.3 is 5.97 Å². The van der Waals surface area contributed by atoms with Crippen LogP contribution in [0.3, 0.4) is 0 Å². The van der Waals surface area contributed by atoms with Gasteiger partial charge < -0.3 is 15.5 Å². The van der Waals surface area contributed by atoms with Gasteiger partial charge in [0.25, 0.3) is 5.91 Å². The quantitative estimate of drug-likeness (QED) is 0.620. The van der Waals surface area contributed by atoms with Crippen molar-refractivity contribution in [3.05, 3.63) is 29.8 Å². The number of carbonyl (C=O) groups excluding carboxylic acids is 1. The number of rotatable bonds is 5. The van der Waals surface area contributed by atoms with Gasteiger partial charge in [0.2, 0.25) is 5.95 Å². The minimum absolute atomic E-state index is 0.0372. The number of hydrogen-bond donors (Lipinski definition) is 3. The molecule has 1 amide bonds. The predicted octanol–water partition coefficient (Wildman–Crippen LogP) is -0.214. The van der Waals surface area contributed by atoms with E-state index in [0.29, 0.717) is 0 Å². The average molecular weight is 242 g/mol. The lowest BCUT2D eigenvalue weighted by Crippen LogP contribution is -2.30. The smallest absolute Gasteiger partial charge is 0.332 e. The van der Waals surface area contributed by atoms with E-state index in [2.05, 4.69) is 10.3 Å². The van der Waals surface area contributed by atoms with E-state index in [-0.39, 0.29) is 18.7 Å². The summed E-state index contributed by atoms with van der Waals surface area (Å²) in [6, 6.07) is 3.76. The molecule has 0 fully saturated rings. The van der Waals surface area contributed by atoms with E-state index in [0.717, 1.165) is 6.07 Å². The maximum absolute atomic E-state index is 12.7. The molecule has 1 aromatic heterocycles. The van der Waals surface area contributed by atoms with Crippen LogP contribution in [-0.4, -0.2) is 39.7 Å². The van der Waals surface area contributed by atoms with E-state index in [1.165, 1.54) is 12.1 Å². The Labute approximate surface area is 96.1 Å². The number of aliphatic hydroxyl groups is 1. The highest BCUT2D eigenvalue weighted by atomic mass is 19.1. The first-order valence-electron chi connectivity index (χ1n) is 4.82. The third-order valence-electron chi connectivity index (χ3n) is 1.94. The number of nitrogens with one attached hydrogen (secondary N) is 1. The Bertz CT molecular complexity index is 425. The molecule has 1 aromatic rings. The van der Waals surface area contributed by atoms with E-state index >= 15 is 0 Å². The molecule has 0 saturated heterocycles. The van der Waals surface area contributed by atoms with E-state index in [1.807, 2.05) is 0 Å². The zero-order valence-electron chi connectivity index (χ0n) is 8.76. The van der Waals surface area contributed by atoms with Gasteiger partial charge in [0.05, 0.1) is 0 Å². The lowest BCUT2D eigenvalue weighted by molar-refractivity contribution is -0.146. The highest BCUT2D eigenvalue weighted by molar-refractivity contribution is 5.92. The van der Waals surface area contributed by atoms with Crippen molar-refractivity contribution in [1.29, 1.82) is 0 Å². The van der Waals surface area contributed by atoms with Crippen LogP contribution in [0.1, 0.15) is 16.9 Å². The maximum Gasteiger partial charge on any atom is 0.332 e. The minimum atomic E-state index is -1.53. The topological polar surface area (TPSA) is 99.5 Å². The number of carboxylic acid groups (broad SMARTS) is 1. The molecule has 17 heavy (non-hydrogen) atoms. The molecule has 0 radical (unpaired) electrons. The summed E-state index contributed by atoms with van der Waals surface area (Å²) in [6.07, 6.45) is -1.66. The van der Waals surface area contributed by atoms with Crippen LogP contribution >= 0.6 is 0 Å². The van der Waals surface area contributed by atoms with Gasteiger partial charge in [-0.1, -0.05) is 6.07 Å². The van der Waals surface area contributed by atoms with Gasteiger partial charge in [-0.15, -0.1) is 0 Å². The Morgan fingerprint density at radius 2 is 2.18 bits per heavy atom. The summed E-state index contributed by atoms with van der Waals surface area (Å²) in [6.45, 7) is -0.0372. The Morgan fingerprint density at radius 1 is 1.47 bits per heavy atom. The monoisotopic (exact) mass is 242 g/mol. The van der Waals surface area contributed by atoms with Crippen LogP contribution in [0.2, 0.25) is 0 Å². The standard InChI is InChI=1S/C10H11FN2O4/c11-8-3-1-2-6(13-8)9(15)12-5-4-7(14)10(16)17/h1-3,7,14H,4-5H2,(H,12,15)(H,16,17). The normalized spacial score (nSPS) is 11.9. The van der Waals surface area contributed by atoms with Crippen molar-refractivity contribution in [1.82, 2.24) is 10.3 Å². The number of aromatic nitrogens is 1. The number of carbonyl (C=O) groups is 2. The van der Waals surface area contributed by atoms with Crippen LogP contribution in [0.15, 0.2) is 18.2 Å². The van der Waals surface area contributed by atoms with Crippen molar-refractivity contribution < 1.29 is 24.2 Å². The fourth-order valence-corrected chi connectivity index (χ4v) is 1.07. The van der Waals surface area contributed by atoms with Gasteiger partial charge in [-0.05, 0) is 12.1 Å². The molecule has 0 aromatic carbocycles. The van der Waals surface area contributed by atoms with Crippen LogP contribution in [0.4, 0.5) is 4.39 Å². The fraction of sp³-hybridized carbons (Fsp3) is 0.300. The van der Waals surface area contributed by atoms with E-state index < -0.39 is 23.9 Å². The summed E-state index contributed by atoms with van der Waals surface area (Å²) < 4.78 is 12.7. The molecule has 1 atom stereocenters. The summed E-state index contributed by atoms with van der Waals surface area (Å²) >= 11 is 0. The van der Waals surface area contributed by atoms with E-state index in [9.17, 15) is 14.0 Å². The van der Waals surface area contributed by atoms with Gasteiger partial charge in [-0.25, -0.2) is 9.78 Å². The molecule has 1 heterocycles. The van der Waals surface area contributed by atoms with Crippen molar-refractivity contribution in [2.24, 2.45) is 0 Å². The van der Waals surface area contributed by atoms with Crippen LogP contribution < -0.4 is 5.32 Å². The molecule has 6 nitrogen and oxygen atoms in total. The molecule has 0 saturated carbocycles. The number of halogens is 1. The van der Waals surface area contributed by atoms with Crippen LogP contribution in [-0.2, 0) is 4.79 Å². The molecule has 1 unspecified atom stereocenters. The van der Waals surface area contributed by atoms with Crippen molar-refractivity contribution >= 4 is 11.9 Å². The number of aliphatic hydroxyl groups excluding tert-OH is 1. The summed E-state index contributed by atoms with van der Waals surface area (Å²) in [4.78, 5) is 25.0. The van der Waals surface area contributed by atoms with Gasteiger partial charge in [-0.2, -0.15) is 4.39 Å². The zero-order chi connectivity index (χ0) is 12.8. The van der Waals surface area contributed by atoms with Gasteiger partial charge in [-0.3, -0.25) is 4.79 Å². The van der Waals surface area contributed by atoms with Crippen LogP contribution in [0.25, 0.3) is 0 Å². The molecule has 0 bridgehead atoms. The molecular formula is C10H11FN2O4. The fourth-order valence-electron chi connectivity index (χ4n) is 1.07. The van der Waals surface area contributed by atoms with Gasteiger partial charge in [0, 0.05) is 13.0 Å². The number of amides is 1. The predicted molar refractivity (Wildman–Crippen MR) is 54.8 cm³/mol. The largest absolute Gasteiger partial charge is 0.479 e. The van der Waals surface area contributed by atoms with Crippen LogP contribution in [0, 0.1) is 5.95 Å². The number of nitrogens with zero attached hydrogens (tertiary/aromatic N) is 1. The molecule has 0 spiro atoms. The van der Waals surface area contributed by atoms with Gasteiger partial charge in [0.15, 0.2) is 6.10 Å². The number of carboxylic acids is 1. The van der Waals surface area contributed by atoms with Crippen molar-refractivity contribution in [2.75, 3.05) is 6.54 Å². The lowest BCUT2D eigenvalue weighted by Gasteiger charge is -2.06. The molecule has 0 aliphatic carbocycles. The molecular weight excluding hydrogens is 231 g/mol. The number of hydrogen-bond acceptors (Lipinski definition) is 4. The first kappa shape index (κ1) is 13.0. The Balaban J connectivity index is 2.43. The maximum atomic E-state index is 12.7. The number of aliphatic carboxylic acids is 1. The van der Waals surface area contributed by atoms with E-state index in [1.54, 1.807) is 0 Å². The molecule has 1 rings (SSSR count). The number of pyridine rings is 1. The summed E-state index contributed by atoms with van der Waals surface area (Å²) in [7, 11) is 0. The second-order valence-electron chi connectivity index (χ2n) is 3.24. The van der Waals surface area contributed by atoms with Crippen molar-refractivity contribution in [3.8, 4) is 0 Å². The Hall–Kier alpha value is -2.02. The summed E-state index contributed by atoms with van der Waals surface area (Å²) in [5.41, 5.74) is -0.102. The van der Waals surface area contributed by atoms with Crippen LogP contribution in [0.5, 0.6) is 0 Å². The molecule has 92 valence electrons. The summed E-state index contributed by atoms with van der Waals surface area (Å²) in [5.74, 6) is -2.76. The molecule has 0 aliphatic rings. The second-order valence-corrected chi connectivity index (χ2v) is 3.24. The molecule has 7 heteroatoms. The Kier molecular flexibility index (Phi) is 4.53. The summed E-state index contributed by atoms with van der Waals surface area (Å²) in [5, 5.41) is 19.6. The zero-order valence-corrected chi connectivity index (χ0v) is 8.76. The second kappa shape index (κ2) is 5.90. The first-order valence-corrected chi connectivity index (χ1v) is 4.82. The average Bonchev–Trinajstić information content (AvgIpc) is 2.28. The van der Waals surface area contributed by atoms with Gasteiger partial charge in [0.1, 0.15) is 5.69 Å². The lowest BCUT2D eigenvalue weighted by atomic mass is 10.2. The van der Waals surface area contributed by atoms with Crippen molar-refractivity contribution in [2.45, 2.75) is 12.5 Å². The highest BCUT2D eigenvalue weighted by Crippen LogP contribution is 1.98. The third kappa shape index (κ3) is 4.15. The SMILES string of the molecule is O=C(NCCC(O)C(=O)O)c1cccc(F)n1. The first-order chi connectivity index (χ1) is 8.00. The Morgan fingerprint density at radius 3 is 2.76 bits per heavy atom. The highest BCUT2D eigenvalue weighted by Gasteiger charge is 2.13. The van der Waals surface area contributed by atoms with Crippen molar-refractivity contribution in [3.63, 3.8) is 0 Å². The molecule has 0 aliphatic heterocycles. The minimum Gasteiger partial charge on any atom is -0.479 e. The van der Waals surface area contributed by atoms with E-state index in [4.69, 9.17) is 10.2 Å². The molecule has 3 N–H and O–H groups in total. The third-order valence-corrected chi connectivity index (χ3v) is 1.94.